The standard InChI is InChI=1S/C17H18BrNO2/c1-3-17(16(20)21-2,13-8-5-4-6-9-13)19-15-11-7-10-14(18)12-15/h4-12,19H,3H2,1-2H3. The molecule has 0 aliphatic heterocycles. The van der Waals surface area contributed by atoms with E-state index in [9.17, 15) is 4.79 Å². The van der Waals surface area contributed by atoms with E-state index in [0.29, 0.717) is 6.42 Å². The number of esters is 1. The zero-order valence-electron chi connectivity index (χ0n) is 12.1. The highest BCUT2D eigenvalue weighted by Gasteiger charge is 2.39. The van der Waals surface area contributed by atoms with E-state index in [1.165, 1.54) is 7.11 Å². The Morgan fingerprint density at radius 3 is 2.48 bits per heavy atom. The van der Waals surface area contributed by atoms with Gasteiger partial charge in [-0.25, -0.2) is 4.79 Å². The number of nitrogens with one attached hydrogen (secondary N) is 1. The van der Waals surface area contributed by atoms with E-state index < -0.39 is 5.54 Å². The average Bonchev–Trinajstić information content (AvgIpc) is 2.53. The van der Waals surface area contributed by atoms with Gasteiger partial charge in [-0.15, -0.1) is 0 Å². The maximum Gasteiger partial charge on any atom is 0.336 e. The first kappa shape index (κ1) is 15.6. The molecular weight excluding hydrogens is 330 g/mol. The van der Waals surface area contributed by atoms with Crippen molar-refractivity contribution in [1.82, 2.24) is 0 Å². The Hall–Kier alpha value is -1.81. The molecule has 1 atom stereocenters. The molecule has 1 N–H and O–H groups in total. The first-order valence-electron chi connectivity index (χ1n) is 6.80. The zero-order chi connectivity index (χ0) is 15.3. The van der Waals surface area contributed by atoms with Gasteiger partial charge in [0, 0.05) is 10.2 Å². The van der Waals surface area contributed by atoms with Crippen molar-refractivity contribution in [3.8, 4) is 0 Å². The molecule has 110 valence electrons. The average molecular weight is 348 g/mol. The van der Waals surface area contributed by atoms with E-state index in [2.05, 4.69) is 21.2 Å². The molecule has 2 aromatic rings. The Morgan fingerprint density at radius 2 is 1.90 bits per heavy atom. The molecule has 0 saturated carbocycles. The number of methoxy groups -OCH3 is 1. The summed E-state index contributed by atoms with van der Waals surface area (Å²) in [6.07, 6.45) is 0.580. The molecule has 21 heavy (non-hydrogen) atoms. The van der Waals surface area contributed by atoms with Gasteiger partial charge in [-0.05, 0) is 30.2 Å². The van der Waals surface area contributed by atoms with Gasteiger partial charge in [-0.3, -0.25) is 0 Å². The van der Waals surface area contributed by atoms with Crippen molar-refractivity contribution in [2.24, 2.45) is 0 Å². The van der Waals surface area contributed by atoms with Gasteiger partial charge in [0.25, 0.3) is 0 Å². The smallest absolute Gasteiger partial charge is 0.336 e. The zero-order valence-corrected chi connectivity index (χ0v) is 13.7. The summed E-state index contributed by atoms with van der Waals surface area (Å²) in [4.78, 5) is 12.5. The van der Waals surface area contributed by atoms with Crippen molar-refractivity contribution < 1.29 is 9.53 Å². The van der Waals surface area contributed by atoms with Gasteiger partial charge in [0.1, 0.15) is 0 Å². The molecular formula is C17H18BrNO2. The fraction of sp³-hybridized carbons (Fsp3) is 0.235. The number of hydrogen-bond acceptors (Lipinski definition) is 3. The van der Waals surface area contributed by atoms with E-state index in [-0.39, 0.29) is 5.97 Å². The summed E-state index contributed by atoms with van der Waals surface area (Å²) in [7, 11) is 1.41. The lowest BCUT2D eigenvalue weighted by atomic mass is 9.86. The third-order valence-corrected chi connectivity index (χ3v) is 4.01. The van der Waals surface area contributed by atoms with Gasteiger partial charge in [-0.1, -0.05) is 59.3 Å². The summed E-state index contributed by atoms with van der Waals surface area (Å²) in [5.74, 6) is -0.295. The second kappa shape index (κ2) is 6.76. The number of benzene rings is 2. The van der Waals surface area contributed by atoms with Crippen LogP contribution >= 0.6 is 15.9 Å². The van der Waals surface area contributed by atoms with Crippen molar-refractivity contribution in [3.63, 3.8) is 0 Å². The number of hydrogen-bond donors (Lipinski definition) is 1. The normalized spacial score (nSPS) is 13.3. The van der Waals surface area contributed by atoms with E-state index in [1.807, 2.05) is 61.5 Å². The first-order chi connectivity index (χ1) is 10.1. The van der Waals surface area contributed by atoms with Gasteiger partial charge in [0.2, 0.25) is 0 Å². The van der Waals surface area contributed by atoms with Crippen LogP contribution in [0.4, 0.5) is 5.69 Å². The molecule has 3 nitrogen and oxygen atoms in total. The Balaban J connectivity index is 2.48. The summed E-state index contributed by atoms with van der Waals surface area (Å²) in [6.45, 7) is 1.97. The molecule has 2 aromatic carbocycles. The van der Waals surface area contributed by atoms with Crippen LogP contribution in [0.3, 0.4) is 0 Å². The number of ether oxygens (including phenoxy) is 1. The molecule has 0 spiro atoms. The quantitative estimate of drug-likeness (QED) is 0.817. The Bertz CT molecular complexity index is 615. The van der Waals surface area contributed by atoms with Crippen molar-refractivity contribution >= 4 is 27.6 Å². The number of rotatable bonds is 5. The Morgan fingerprint density at radius 1 is 1.19 bits per heavy atom. The third-order valence-electron chi connectivity index (χ3n) is 3.51. The molecule has 0 aromatic heterocycles. The lowest BCUT2D eigenvalue weighted by molar-refractivity contribution is -0.146. The van der Waals surface area contributed by atoms with Gasteiger partial charge in [-0.2, -0.15) is 0 Å². The molecule has 2 rings (SSSR count). The second-order valence-electron chi connectivity index (χ2n) is 4.75. The van der Waals surface area contributed by atoms with Crippen LogP contribution in [0.5, 0.6) is 0 Å². The van der Waals surface area contributed by atoms with Gasteiger partial charge in [0.15, 0.2) is 5.54 Å². The Labute approximate surface area is 133 Å². The summed E-state index contributed by atoms with van der Waals surface area (Å²) in [5, 5.41) is 3.35. The van der Waals surface area contributed by atoms with Crippen LogP contribution in [0.15, 0.2) is 59.1 Å². The number of anilines is 1. The molecule has 1 unspecified atom stereocenters. The monoisotopic (exact) mass is 347 g/mol. The number of carbonyl (C=O) groups is 1. The largest absolute Gasteiger partial charge is 0.467 e. The highest BCUT2D eigenvalue weighted by molar-refractivity contribution is 9.10. The van der Waals surface area contributed by atoms with Crippen LogP contribution in [-0.2, 0) is 15.1 Å². The topological polar surface area (TPSA) is 38.3 Å². The van der Waals surface area contributed by atoms with E-state index in [1.54, 1.807) is 0 Å². The molecule has 0 heterocycles. The van der Waals surface area contributed by atoms with Crippen LogP contribution < -0.4 is 5.32 Å². The van der Waals surface area contributed by atoms with Gasteiger partial charge >= 0.3 is 5.97 Å². The molecule has 0 amide bonds. The van der Waals surface area contributed by atoms with Gasteiger partial charge < -0.3 is 10.1 Å². The lowest BCUT2D eigenvalue weighted by Crippen LogP contribution is -2.43. The predicted octanol–water partition coefficient (Wildman–Crippen LogP) is 4.34. The van der Waals surface area contributed by atoms with Crippen LogP contribution in [-0.4, -0.2) is 13.1 Å². The van der Waals surface area contributed by atoms with E-state index in [4.69, 9.17) is 4.74 Å². The third kappa shape index (κ3) is 3.27. The van der Waals surface area contributed by atoms with Crippen LogP contribution in [0.2, 0.25) is 0 Å². The fourth-order valence-corrected chi connectivity index (χ4v) is 2.79. The van der Waals surface area contributed by atoms with Crippen LogP contribution in [0, 0.1) is 0 Å². The highest BCUT2D eigenvalue weighted by atomic mass is 79.9. The second-order valence-corrected chi connectivity index (χ2v) is 5.67. The van der Waals surface area contributed by atoms with Crippen LogP contribution in [0.1, 0.15) is 18.9 Å². The fourth-order valence-electron chi connectivity index (χ4n) is 2.39. The summed E-state index contributed by atoms with van der Waals surface area (Å²) in [5.41, 5.74) is 0.858. The van der Waals surface area contributed by atoms with Crippen molar-refractivity contribution in [2.45, 2.75) is 18.9 Å². The van der Waals surface area contributed by atoms with E-state index >= 15 is 0 Å². The molecule has 0 aliphatic carbocycles. The SMILES string of the molecule is CCC(Nc1cccc(Br)c1)(C(=O)OC)c1ccccc1. The Kier molecular flexibility index (Phi) is 5.02. The molecule has 0 saturated heterocycles. The minimum absolute atomic E-state index is 0.295. The predicted molar refractivity (Wildman–Crippen MR) is 88.2 cm³/mol. The number of halogens is 1. The highest BCUT2D eigenvalue weighted by Crippen LogP contribution is 2.32. The van der Waals surface area contributed by atoms with Crippen LogP contribution in [0.25, 0.3) is 0 Å². The minimum atomic E-state index is -0.892. The van der Waals surface area contributed by atoms with Gasteiger partial charge in [0.05, 0.1) is 7.11 Å². The molecule has 0 bridgehead atoms. The number of carbonyl (C=O) groups excluding carboxylic acids is 1. The maximum atomic E-state index is 12.5. The molecule has 0 aliphatic rings. The minimum Gasteiger partial charge on any atom is -0.467 e. The molecule has 0 fully saturated rings. The van der Waals surface area contributed by atoms with Crippen molar-refractivity contribution in [1.29, 1.82) is 0 Å². The van der Waals surface area contributed by atoms with E-state index in [0.717, 1.165) is 15.7 Å². The summed E-state index contributed by atoms with van der Waals surface area (Å²) in [6, 6.07) is 17.4. The van der Waals surface area contributed by atoms with Crippen molar-refractivity contribution in [2.75, 3.05) is 12.4 Å². The lowest BCUT2D eigenvalue weighted by Gasteiger charge is -2.32. The molecule has 0 radical (unpaired) electrons. The first-order valence-corrected chi connectivity index (χ1v) is 7.59. The summed E-state index contributed by atoms with van der Waals surface area (Å²) >= 11 is 3.45. The maximum absolute atomic E-state index is 12.5. The van der Waals surface area contributed by atoms with Crippen molar-refractivity contribution in [3.05, 3.63) is 64.6 Å². The molecule has 4 heteroatoms. The summed E-state index contributed by atoms with van der Waals surface area (Å²) < 4.78 is 6.00.